The van der Waals surface area contributed by atoms with Gasteiger partial charge in [0.25, 0.3) is 0 Å². The summed E-state index contributed by atoms with van der Waals surface area (Å²) in [6.45, 7) is 6.21. The fourth-order valence-corrected chi connectivity index (χ4v) is 4.32. The number of nitrogens with zero attached hydrogens (tertiary/aromatic N) is 3. The number of methoxy groups -OCH3 is 1. The monoisotopic (exact) mass is 556 g/mol. The third-order valence-corrected chi connectivity index (χ3v) is 6.49. The number of sulfonamides is 1. The second-order valence-corrected chi connectivity index (χ2v) is 9.11. The van der Waals surface area contributed by atoms with Crippen molar-refractivity contribution in [2.24, 2.45) is 4.99 Å². The predicted octanol–water partition coefficient (Wildman–Crippen LogP) is 1.47. The summed E-state index contributed by atoms with van der Waals surface area (Å²) >= 11 is 0. The third-order valence-electron chi connectivity index (χ3n) is 4.66. The molecular formula is C19H33IN4O5S. The number of hydrogen-bond donors (Lipinski definition) is 2. The van der Waals surface area contributed by atoms with Crippen LogP contribution < -0.4 is 10.1 Å². The summed E-state index contributed by atoms with van der Waals surface area (Å²) < 4.78 is 37.0. The molecule has 11 heteroatoms. The zero-order chi connectivity index (χ0) is 21.4. The zero-order valence-corrected chi connectivity index (χ0v) is 21.1. The molecule has 0 saturated carbocycles. The molecule has 2 rings (SSSR count). The van der Waals surface area contributed by atoms with Crippen LogP contribution in [-0.2, 0) is 21.3 Å². The molecule has 1 saturated heterocycles. The van der Waals surface area contributed by atoms with Gasteiger partial charge in [0, 0.05) is 45.3 Å². The van der Waals surface area contributed by atoms with E-state index in [1.165, 1.54) is 4.31 Å². The topological polar surface area (TPSA) is 104 Å². The molecule has 30 heavy (non-hydrogen) atoms. The molecule has 1 aliphatic heterocycles. The highest BCUT2D eigenvalue weighted by atomic mass is 127. The Bertz CT molecular complexity index is 796. The maximum absolute atomic E-state index is 12.5. The Morgan fingerprint density at radius 2 is 1.93 bits per heavy atom. The molecule has 0 atom stereocenters. The highest BCUT2D eigenvalue weighted by molar-refractivity contribution is 14.0. The average Bonchev–Trinajstić information content (AvgIpc) is 2.69. The van der Waals surface area contributed by atoms with Crippen LogP contribution in [0.4, 0.5) is 0 Å². The zero-order valence-electron chi connectivity index (χ0n) is 18.0. The Hall–Kier alpha value is -1.31. The van der Waals surface area contributed by atoms with Gasteiger partial charge in [-0.15, -0.1) is 24.0 Å². The van der Waals surface area contributed by atoms with E-state index in [9.17, 15) is 13.5 Å². The van der Waals surface area contributed by atoms with Crippen LogP contribution in [0.3, 0.4) is 0 Å². The minimum atomic E-state index is -3.33. The minimum Gasteiger partial charge on any atom is -0.508 e. The molecule has 2 N–H and O–H groups in total. The lowest BCUT2D eigenvalue weighted by molar-refractivity contribution is 0.0904. The Morgan fingerprint density at radius 1 is 1.27 bits per heavy atom. The van der Waals surface area contributed by atoms with Gasteiger partial charge in [0.05, 0.1) is 25.6 Å². The van der Waals surface area contributed by atoms with Crippen molar-refractivity contribution >= 4 is 40.0 Å². The normalized spacial score (nSPS) is 15.8. The van der Waals surface area contributed by atoms with Crippen LogP contribution in [0.1, 0.15) is 19.4 Å². The number of halogens is 1. The first-order valence-corrected chi connectivity index (χ1v) is 11.3. The quantitative estimate of drug-likeness (QED) is 0.284. The van der Waals surface area contributed by atoms with Crippen LogP contribution in [0.2, 0.25) is 0 Å². The highest BCUT2D eigenvalue weighted by Crippen LogP contribution is 2.22. The van der Waals surface area contributed by atoms with Crippen molar-refractivity contribution in [2.45, 2.75) is 26.5 Å². The van der Waals surface area contributed by atoms with Crippen molar-refractivity contribution in [2.75, 3.05) is 52.7 Å². The van der Waals surface area contributed by atoms with Crippen molar-refractivity contribution < 1.29 is 23.0 Å². The summed E-state index contributed by atoms with van der Waals surface area (Å²) in [7, 11) is -0.0739. The van der Waals surface area contributed by atoms with Crippen LogP contribution in [-0.4, -0.2) is 87.5 Å². The molecule has 1 heterocycles. The predicted molar refractivity (Wildman–Crippen MR) is 128 cm³/mol. The molecule has 0 aliphatic carbocycles. The van der Waals surface area contributed by atoms with Crippen molar-refractivity contribution in [1.82, 2.24) is 14.5 Å². The lowest BCUT2D eigenvalue weighted by Crippen LogP contribution is -2.54. The number of rotatable bonds is 8. The Labute approximate surface area is 196 Å². The van der Waals surface area contributed by atoms with E-state index in [0.29, 0.717) is 50.0 Å². The molecule has 0 radical (unpaired) electrons. The van der Waals surface area contributed by atoms with Gasteiger partial charge in [-0.2, -0.15) is 4.31 Å². The first kappa shape index (κ1) is 26.7. The van der Waals surface area contributed by atoms with E-state index < -0.39 is 10.0 Å². The maximum Gasteiger partial charge on any atom is 0.216 e. The van der Waals surface area contributed by atoms with Crippen LogP contribution in [0, 0.1) is 0 Å². The first-order valence-electron chi connectivity index (χ1n) is 9.67. The Kier molecular flexibility index (Phi) is 11.2. The van der Waals surface area contributed by atoms with Crippen molar-refractivity contribution in [1.29, 1.82) is 0 Å². The first-order chi connectivity index (χ1) is 13.8. The summed E-state index contributed by atoms with van der Waals surface area (Å²) in [5, 5.41) is 13.2. The number of piperazine rings is 1. The number of phenolic OH excluding ortho intramolecular Hbond substituents is 1. The molecule has 1 aromatic rings. The Morgan fingerprint density at radius 3 is 2.50 bits per heavy atom. The van der Waals surface area contributed by atoms with Crippen LogP contribution in [0.5, 0.6) is 11.5 Å². The third kappa shape index (κ3) is 7.75. The number of hydrogen-bond acceptors (Lipinski definition) is 6. The molecule has 172 valence electrons. The number of aromatic hydroxyl groups is 1. The number of aliphatic imine (C=N–C) groups is 1. The second kappa shape index (κ2) is 12.5. The number of benzene rings is 1. The molecule has 1 aromatic carbocycles. The van der Waals surface area contributed by atoms with Crippen molar-refractivity contribution in [3.63, 3.8) is 0 Å². The number of ether oxygens (including phenoxy) is 2. The molecule has 9 nitrogen and oxygen atoms in total. The van der Waals surface area contributed by atoms with Crippen LogP contribution >= 0.6 is 24.0 Å². The van der Waals surface area contributed by atoms with E-state index in [0.717, 1.165) is 0 Å². The van der Waals surface area contributed by atoms with Gasteiger partial charge < -0.3 is 24.8 Å². The largest absolute Gasteiger partial charge is 0.508 e. The van der Waals surface area contributed by atoms with E-state index in [1.807, 2.05) is 18.7 Å². The van der Waals surface area contributed by atoms with Crippen molar-refractivity contribution in [3.05, 3.63) is 23.8 Å². The molecule has 1 aliphatic rings. The van der Waals surface area contributed by atoms with Gasteiger partial charge in [-0.05, 0) is 32.0 Å². The minimum absolute atomic E-state index is 0. The van der Waals surface area contributed by atoms with E-state index >= 15 is 0 Å². The number of nitrogens with one attached hydrogen (secondary N) is 1. The summed E-state index contributed by atoms with van der Waals surface area (Å²) in [4.78, 5) is 6.29. The maximum atomic E-state index is 12.5. The van der Waals surface area contributed by atoms with Crippen LogP contribution in [0.25, 0.3) is 0 Å². The highest BCUT2D eigenvalue weighted by Gasteiger charge is 2.28. The molecular weight excluding hydrogens is 523 g/mol. The Balaban J connectivity index is 0.00000450. The smallest absolute Gasteiger partial charge is 0.216 e. The molecule has 0 spiro atoms. The average molecular weight is 556 g/mol. The molecule has 0 aromatic heterocycles. The molecule has 1 fully saturated rings. The summed E-state index contributed by atoms with van der Waals surface area (Å²) in [5.74, 6) is 1.49. The summed E-state index contributed by atoms with van der Waals surface area (Å²) in [5.41, 5.74) is 0.692. The van der Waals surface area contributed by atoms with E-state index in [-0.39, 0.29) is 48.2 Å². The van der Waals surface area contributed by atoms with Gasteiger partial charge in [0.2, 0.25) is 10.0 Å². The van der Waals surface area contributed by atoms with E-state index in [2.05, 4.69) is 10.3 Å². The molecule has 0 bridgehead atoms. The van der Waals surface area contributed by atoms with Crippen LogP contribution in [0.15, 0.2) is 23.2 Å². The SMILES string of the molecule is CN=C(NCc1cc(OC)ccc1O)N1CCN(S(=O)(=O)CCOC(C)C)CC1.I. The fourth-order valence-electron chi connectivity index (χ4n) is 3.03. The molecule has 0 amide bonds. The van der Waals surface area contributed by atoms with Gasteiger partial charge in [0.1, 0.15) is 11.5 Å². The standard InChI is InChI=1S/C19H32N4O5S.HI/c1-15(2)28-11-12-29(25,26)23-9-7-22(8-10-23)19(20-3)21-14-16-13-17(27-4)5-6-18(16)24;/h5-6,13,15,24H,7-12,14H2,1-4H3,(H,20,21);1H. The van der Waals surface area contributed by atoms with E-state index in [1.54, 1.807) is 32.4 Å². The van der Waals surface area contributed by atoms with Gasteiger partial charge in [-0.25, -0.2) is 8.42 Å². The van der Waals surface area contributed by atoms with Gasteiger partial charge >= 0.3 is 0 Å². The van der Waals surface area contributed by atoms with Crippen molar-refractivity contribution in [3.8, 4) is 11.5 Å². The van der Waals surface area contributed by atoms with Gasteiger partial charge in [0.15, 0.2) is 5.96 Å². The van der Waals surface area contributed by atoms with Gasteiger partial charge in [-0.3, -0.25) is 4.99 Å². The number of guanidine groups is 1. The second-order valence-electron chi connectivity index (χ2n) is 7.02. The lowest BCUT2D eigenvalue weighted by Gasteiger charge is -2.35. The summed E-state index contributed by atoms with van der Waals surface area (Å²) in [6.07, 6.45) is 0.0143. The number of phenols is 1. The molecule has 0 unspecified atom stereocenters. The van der Waals surface area contributed by atoms with Gasteiger partial charge in [-0.1, -0.05) is 0 Å². The van der Waals surface area contributed by atoms with E-state index in [4.69, 9.17) is 9.47 Å². The summed E-state index contributed by atoms with van der Waals surface area (Å²) in [6, 6.07) is 5.05. The lowest BCUT2D eigenvalue weighted by atomic mass is 10.2. The fraction of sp³-hybridized carbons (Fsp3) is 0.632.